The third kappa shape index (κ3) is 6.34. The maximum Gasteiger partial charge on any atom is 0.287 e. The first-order chi connectivity index (χ1) is 19.8. The number of carbonyl (C=O) groups excluding carboxylic acids is 3. The van der Waals surface area contributed by atoms with E-state index in [4.69, 9.17) is 5.73 Å². The van der Waals surface area contributed by atoms with E-state index >= 15 is 0 Å². The number of nitrogens with two attached hydrogens (primary N) is 1. The summed E-state index contributed by atoms with van der Waals surface area (Å²) < 4.78 is 0. The Kier molecular flexibility index (Phi) is 9.91. The molecule has 1 aromatic carbocycles. The summed E-state index contributed by atoms with van der Waals surface area (Å²) in [6.45, 7) is 11.2. The van der Waals surface area contributed by atoms with Crippen LogP contribution in [0.15, 0.2) is 73.2 Å². The van der Waals surface area contributed by atoms with Gasteiger partial charge in [-0.05, 0) is 43.8 Å². The van der Waals surface area contributed by atoms with Crippen LogP contribution in [0.5, 0.6) is 0 Å². The molecule has 0 aliphatic carbocycles. The number of hydrogen-bond acceptors (Lipinski definition) is 8. The summed E-state index contributed by atoms with van der Waals surface area (Å²) in [6.07, 6.45) is 11.9. The van der Waals surface area contributed by atoms with Gasteiger partial charge in [-0.2, -0.15) is 0 Å². The number of nitrogens with one attached hydrogen (secondary N) is 2. The number of Topliss-reactive ketones (excluding diaryl/α,β-unsaturated/α-hetero) is 1. The van der Waals surface area contributed by atoms with Crippen molar-refractivity contribution in [1.29, 1.82) is 0 Å². The summed E-state index contributed by atoms with van der Waals surface area (Å²) in [5.41, 5.74) is 6.83. The van der Waals surface area contributed by atoms with E-state index in [1.54, 1.807) is 6.20 Å². The van der Waals surface area contributed by atoms with E-state index in [0.29, 0.717) is 18.7 Å². The number of pyridine rings is 1. The van der Waals surface area contributed by atoms with Gasteiger partial charge in [-0.1, -0.05) is 50.3 Å². The van der Waals surface area contributed by atoms with Gasteiger partial charge in [0.1, 0.15) is 11.7 Å². The lowest BCUT2D eigenvalue weighted by atomic mass is 9.90. The number of primary amides is 1. The number of hydrogen-bond donors (Lipinski definition) is 3. The van der Waals surface area contributed by atoms with Crippen molar-refractivity contribution in [3.63, 3.8) is 0 Å². The van der Waals surface area contributed by atoms with Gasteiger partial charge in [0.25, 0.3) is 11.8 Å². The molecule has 3 heterocycles. The highest BCUT2D eigenvalue weighted by molar-refractivity contribution is 6.38. The number of allylic oxidation sites excluding steroid dienone is 2. The van der Waals surface area contributed by atoms with E-state index in [1.807, 2.05) is 36.4 Å². The molecule has 4 N–H and O–H groups in total. The van der Waals surface area contributed by atoms with Crippen LogP contribution >= 0.6 is 0 Å². The Balaban J connectivity index is 1.62. The number of piperazine rings is 1. The zero-order valence-electron chi connectivity index (χ0n) is 24.1. The molecule has 2 amide bonds. The Hall–Kier alpha value is -4.02. The number of amides is 2. The van der Waals surface area contributed by atoms with Crippen molar-refractivity contribution in [2.45, 2.75) is 44.9 Å². The highest BCUT2D eigenvalue weighted by atomic mass is 16.2. The van der Waals surface area contributed by atoms with Gasteiger partial charge < -0.3 is 26.2 Å². The van der Waals surface area contributed by atoms with Gasteiger partial charge >= 0.3 is 0 Å². The number of ketones is 1. The third-order valence-corrected chi connectivity index (χ3v) is 8.01. The van der Waals surface area contributed by atoms with Crippen LogP contribution in [0.4, 0.5) is 5.69 Å². The molecule has 41 heavy (non-hydrogen) atoms. The zero-order valence-corrected chi connectivity index (χ0v) is 24.1. The molecule has 1 saturated heterocycles. The molecule has 3 unspecified atom stereocenters. The standard InChI is InChI=1S/C31H41N7O3/c1-4-37(5-2)31(15-10-11-18-38(31)6-3)27-22-36(19-17-34-27)26-14-16-33-21-24(26)30(41)35-25(28(39)29(32)40)20-23-12-8-7-9-13-23/h7-16,18,21,25,27,34H,4-6,17,19-20,22H2,1-3H3,(H2,32,40)(H,35,41). The van der Waals surface area contributed by atoms with Crippen molar-refractivity contribution in [3.8, 4) is 0 Å². The fourth-order valence-corrected chi connectivity index (χ4v) is 6.04. The van der Waals surface area contributed by atoms with Crippen LogP contribution in [0.2, 0.25) is 0 Å². The van der Waals surface area contributed by atoms with E-state index in [1.165, 1.54) is 6.20 Å². The van der Waals surface area contributed by atoms with Crippen LogP contribution in [0.1, 0.15) is 36.7 Å². The molecule has 0 bridgehead atoms. The monoisotopic (exact) mass is 559 g/mol. The second-order valence-electron chi connectivity index (χ2n) is 10.2. The Morgan fingerprint density at radius 1 is 1.15 bits per heavy atom. The smallest absolute Gasteiger partial charge is 0.287 e. The fourth-order valence-electron chi connectivity index (χ4n) is 6.04. The van der Waals surface area contributed by atoms with Crippen LogP contribution in [0.25, 0.3) is 0 Å². The molecule has 1 fully saturated rings. The van der Waals surface area contributed by atoms with Gasteiger partial charge in [-0.25, -0.2) is 0 Å². The van der Waals surface area contributed by atoms with Gasteiger partial charge in [0.05, 0.1) is 17.3 Å². The molecule has 3 atom stereocenters. The van der Waals surface area contributed by atoms with Crippen molar-refractivity contribution in [2.24, 2.45) is 5.73 Å². The zero-order chi connectivity index (χ0) is 29.4. The van der Waals surface area contributed by atoms with Crippen LogP contribution in [0, 0.1) is 0 Å². The molecule has 0 spiro atoms. The van der Waals surface area contributed by atoms with E-state index in [-0.39, 0.29) is 18.1 Å². The van der Waals surface area contributed by atoms with Gasteiger partial charge in [-0.3, -0.25) is 24.3 Å². The second kappa shape index (κ2) is 13.6. The Morgan fingerprint density at radius 3 is 2.59 bits per heavy atom. The predicted molar refractivity (Wildman–Crippen MR) is 160 cm³/mol. The number of rotatable bonds is 12. The minimum atomic E-state index is -1.09. The number of benzene rings is 1. The first-order valence-electron chi connectivity index (χ1n) is 14.3. The van der Waals surface area contributed by atoms with E-state index < -0.39 is 23.6 Å². The molecule has 10 heteroatoms. The molecule has 2 aromatic rings. The number of likely N-dealkylation sites (N-methyl/N-ethyl adjacent to an activating group) is 2. The highest BCUT2D eigenvalue weighted by Crippen LogP contribution is 2.33. The summed E-state index contributed by atoms with van der Waals surface area (Å²) in [6, 6.07) is 9.99. The van der Waals surface area contributed by atoms with Gasteiger partial charge in [0.15, 0.2) is 0 Å². The van der Waals surface area contributed by atoms with Gasteiger partial charge in [0.2, 0.25) is 5.78 Å². The van der Waals surface area contributed by atoms with Crippen LogP contribution in [-0.2, 0) is 16.0 Å². The third-order valence-electron chi connectivity index (χ3n) is 8.01. The topological polar surface area (TPSA) is 124 Å². The molecule has 218 valence electrons. The highest BCUT2D eigenvalue weighted by Gasteiger charge is 2.47. The van der Waals surface area contributed by atoms with Gasteiger partial charge in [0, 0.05) is 51.2 Å². The molecular formula is C31H41N7O3. The SMILES string of the molecule is CCN1C=CC=CC1(C1CN(c2ccncc2C(=O)NC(Cc2ccccc2)C(=O)C(N)=O)CCN1)N(CC)CC. The summed E-state index contributed by atoms with van der Waals surface area (Å²) in [4.78, 5) is 49.4. The molecule has 2 aliphatic rings. The van der Waals surface area contributed by atoms with Crippen molar-refractivity contribution < 1.29 is 14.4 Å². The van der Waals surface area contributed by atoms with Crippen LogP contribution < -0.4 is 21.3 Å². The molecule has 0 saturated carbocycles. The Bertz CT molecular complexity index is 1280. The lowest BCUT2D eigenvalue weighted by Crippen LogP contribution is -2.72. The summed E-state index contributed by atoms with van der Waals surface area (Å²) >= 11 is 0. The number of anilines is 1. The minimum Gasteiger partial charge on any atom is -0.368 e. The first kappa shape index (κ1) is 30.0. The molecule has 2 aliphatic heterocycles. The summed E-state index contributed by atoms with van der Waals surface area (Å²) in [5.74, 6) is -2.40. The molecule has 1 aromatic heterocycles. The van der Waals surface area contributed by atoms with Crippen molar-refractivity contribution >= 4 is 23.3 Å². The molecular weight excluding hydrogens is 518 g/mol. The predicted octanol–water partition coefficient (Wildman–Crippen LogP) is 1.70. The van der Waals surface area contributed by atoms with Crippen LogP contribution in [0.3, 0.4) is 0 Å². The average molecular weight is 560 g/mol. The van der Waals surface area contributed by atoms with Crippen molar-refractivity contribution in [3.05, 3.63) is 84.3 Å². The van der Waals surface area contributed by atoms with E-state index in [2.05, 4.69) is 75.5 Å². The lowest BCUT2D eigenvalue weighted by Gasteiger charge is -2.56. The maximum atomic E-state index is 13.6. The summed E-state index contributed by atoms with van der Waals surface area (Å²) in [5, 5.41) is 6.52. The Morgan fingerprint density at radius 2 is 1.90 bits per heavy atom. The normalized spacial score (nSPS) is 21.1. The summed E-state index contributed by atoms with van der Waals surface area (Å²) in [7, 11) is 0. The Labute approximate surface area is 242 Å². The average Bonchev–Trinajstić information content (AvgIpc) is 3.01. The molecule has 10 nitrogen and oxygen atoms in total. The largest absolute Gasteiger partial charge is 0.368 e. The molecule has 4 rings (SSSR count). The van der Waals surface area contributed by atoms with Gasteiger partial charge in [-0.15, -0.1) is 0 Å². The number of nitrogens with zero attached hydrogens (tertiary/aromatic N) is 4. The van der Waals surface area contributed by atoms with Crippen LogP contribution in [-0.4, -0.2) is 89.4 Å². The maximum absolute atomic E-state index is 13.6. The quantitative estimate of drug-likeness (QED) is 0.336. The fraction of sp³-hybridized carbons (Fsp3) is 0.419. The first-order valence-corrected chi connectivity index (χ1v) is 14.3. The second-order valence-corrected chi connectivity index (χ2v) is 10.2. The van der Waals surface area contributed by atoms with E-state index in [0.717, 1.165) is 37.4 Å². The minimum absolute atomic E-state index is 0.0312. The van der Waals surface area contributed by atoms with Crippen molar-refractivity contribution in [2.75, 3.05) is 44.2 Å². The number of aromatic nitrogens is 1. The molecule has 0 radical (unpaired) electrons. The van der Waals surface area contributed by atoms with Crippen molar-refractivity contribution in [1.82, 2.24) is 25.4 Å². The lowest BCUT2D eigenvalue weighted by molar-refractivity contribution is -0.137. The number of carbonyl (C=O) groups is 3. The van der Waals surface area contributed by atoms with E-state index in [9.17, 15) is 14.4 Å².